The fourth-order valence-corrected chi connectivity index (χ4v) is 2.27. The summed E-state index contributed by atoms with van der Waals surface area (Å²) in [7, 11) is 0. The number of rotatable bonds is 7. The molecule has 116 valence electrons. The van der Waals surface area contributed by atoms with E-state index in [1.807, 2.05) is 17.9 Å². The van der Waals surface area contributed by atoms with Crippen molar-refractivity contribution in [2.45, 2.75) is 33.6 Å². The minimum Gasteiger partial charge on any atom is -0.494 e. The van der Waals surface area contributed by atoms with E-state index in [0.717, 1.165) is 25.9 Å². The average molecular weight is 308 g/mol. The number of thiocarbonyl (C=S) groups is 1. The topological polar surface area (TPSA) is 41.6 Å². The molecule has 0 aliphatic carbocycles. The first kappa shape index (κ1) is 17.4. The molecule has 0 bridgehead atoms. The van der Waals surface area contributed by atoms with Crippen LogP contribution in [0.15, 0.2) is 24.3 Å². The van der Waals surface area contributed by atoms with Crippen LogP contribution in [0.1, 0.15) is 44.0 Å². The molecule has 1 aromatic rings. The van der Waals surface area contributed by atoms with Crippen molar-refractivity contribution in [2.75, 3.05) is 19.7 Å². The second-order valence-electron chi connectivity index (χ2n) is 4.71. The molecular weight excluding hydrogens is 284 g/mol. The van der Waals surface area contributed by atoms with E-state index in [4.69, 9.17) is 17.0 Å². The van der Waals surface area contributed by atoms with Crippen molar-refractivity contribution >= 4 is 23.2 Å². The maximum Gasteiger partial charge on any atom is 0.257 e. The predicted molar refractivity (Wildman–Crippen MR) is 89.8 cm³/mol. The van der Waals surface area contributed by atoms with E-state index in [1.165, 1.54) is 0 Å². The van der Waals surface area contributed by atoms with Crippen molar-refractivity contribution in [1.29, 1.82) is 0 Å². The van der Waals surface area contributed by atoms with Crippen molar-refractivity contribution in [3.05, 3.63) is 29.8 Å². The van der Waals surface area contributed by atoms with Crippen LogP contribution in [0.25, 0.3) is 0 Å². The SMILES string of the molecule is CCCN(CCC)C(=S)NC(=O)c1cccc(OCC)c1. The van der Waals surface area contributed by atoms with Crippen molar-refractivity contribution < 1.29 is 9.53 Å². The fourth-order valence-electron chi connectivity index (χ4n) is 2.00. The van der Waals surface area contributed by atoms with Gasteiger partial charge in [-0.3, -0.25) is 10.1 Å². The number of carbonyl (C=O) groups is 1. The monoisotopic (exact) mass is 308 g/mol. The molecule has 0 atom stereocenters. The summed E-state index contributed by atoms with van der Waals surface area (Å²) >= 11 is 5.33. The van der Waals surface area contributed by atoms with Gasteiger partial charge in [0.25, 0.3) is 5.91 Å². The lowest BCUT2D eigenvalue weighted by Crippen LogP contribution is -2.43. The van der Waals surface area contributed by atoms with E-state index in [0.29, 0.717) is 23.0 Å². The van der Waals surface area contributed by atoms with Crippen LogP contribution >= 0.6 is 12.2 Å². The van der Waals surface area contributed by atoms with E-state index < -0.39 is 0 Å². The molecule has 0 saturated carbocycles. The number of amides is 1. The first-order valence-corrected chi connectivity index (χ1v) is 7.86. The third-order valence-corrected chi connectivity index (χ3v) is 3.26. The summed E-state index contributed by atoms with van der Waals surface area (Å²) in [6.45, 7) is 8.38. The molecule has 0 radical (unpaired) electrons. The van der Waals surface area contributed by atoms with Gasteiger partial charge in [0.15, 0.2) is 5.11 Å². The number of carbonyl (C=O) groups excluding carboxylic acids is 1. The Hall–Kier alpha value is -1.62. The molecule has 4 nitrogen and oxygen atoms in total. The van der Waals surface area contributed by atoms with Crippen molar-refractivity contribution in [3.8, 4) is 5.75 Å². The summed E-state index contributed by atoms with van der Waals surface area (Å²) in [6, 6.07) is 7.12. The number of benzene rings is 1. The lowest BCUT2D eigenvalue weighted by molar-refractivity contribution is 0.0972. The highest BCUT2D eigenvalue weighted by Gasteiger charge is 2.13. The van der Waals surface area contributed by atoms with Crippen LogP contribution in [-0.4, -0.2) is 35.6 Å². The molecule has 0 aliphatic heterocycles. The summed E-state index contributed by atoms with van der Waals surface area (Å²) in [5.41, 5.74) is 0.552. The summed E-state index contributed by atoms with van der Waals surface area (Å²) in [5, 5.41) is 3.29. The molecule has 5 heteroatoms. The molecule has 0 heterocycles. The second kappa shape index (κ2) is 9.34. The Morgan fingerprint density at radius 3 is 2.48 bits per heavy atom. The van der Waals surface area contributed by atoms with E-state index in [9.17, 15) is 4.79 Å². The summed E-state index contributed by atoms with van der Waals surface area (Å²) in [6.07, 6.45) is 1.99. The largest absolute Gasteiger partial charge is 0.494 e. The maximum absolute atomic E-state index is 12.2. The fraction of sp³-hybridized carbons (Fsp3) is 0.500. The zero-order valence-electron chi connectivity index (χ0n) is 13.0. The second-order valence-corrected chi connectivity index (χ2v) is 5.09. The van der Waals surface area contributed by atoms with Crippen LogP contribution < -0.4 is 10.1 Å². The molecule has 1 rings (SSSR count). The summed E-state index contributed by atoms with van der Waals surface area (Å²) in [4.78, 5) is 14.3. The van der Waals surface area contributed by atoms with Gasteiger partial charge in [-0.05, 0) is 50.2 Å². The number of hydrogen-bond donors (Lipinski definition) is 1. The molecule has 0 spiro atoms. The third-order valence-electron chi connectivity index (χ3n) is 2.90. The standard InChI is InChI=1S/C16H24N2O2S/c1-4-10-18(11-5-2)16(21)17-15(19)13-8-7-9-14(12-13)20-6-3/h7-9,12H,4-6,10-11H2,1-3H3,(H,17,19,21). The zero-order chi connectivity index (χ0) is 15.7. The van der Waals surface area contributed by atoms with Gasteiger partial charge in [-0.15, -0.1) is 0 Å². The van der Waals surface area contributed by atoms with Gasteiger partial charge in [-0.1, -0.05) is 19.9 Å². The molecule has 0 aliphatic rings. The molecule has 1 aromatic carbocycles. The van der Waals surface area contributed by atoms with Gasteiger partial charge in [0.05, 0.1) is 6.61 Å². The van der Waals surface area contributed by atoms with Gasteiger partial charge in [-0.25, -0.2) is 0 Å². The van der Waals surface area contributed by atoms with Gasteiger partial charge in [-0.2, -0.15) is 0 Å². The summed E-state index contributed by atoms with van der Waals surface area (Å²) in [5.74, 6) is 0.494. The maximum atomic E-state index is 12.2. The molecule has 1 N–H and O–H groups in total. The van der Waals surface area contributed by atoms with Crippen LogP contribution in [-0.2, 0) is 0 Å². The molecule has 0 unspecified atom stereocenters. The normalized spacial score (nSPS) is 10.0. The Morgan fingerprint density at radius 1 is 1.24 bits per heavy atom. The Bertz CT molecular complexity index is 471. The van der Waals surface area contributed by atoms with E-state index in [1.54, 1.807) is 18.2 Å². The van der Waals surface area contributed by atoms with Gasteiger partial charge in [0.2, 0.25) is 0 Å². The predicted octanol–water partition coefficient (Wildman–Crippen LogP) is 3.22. The van der Waals surface area contributed by atoms with Crippen LogP contribution in [0.3, 0.4) is 0 Å². The zero-order valence-corrected chi connectivity index (χ0v) is 13.8. The van der Waals surface area contributed by atoms with E-state index in [2.05, 4.69) is 19.2 Å². The highest BCUT2D eigenvalue weighted by molar-refractivity contribution is 7.80. The van der Waals surface area contributed by atoms with E-state index >= 15 is 0 Å². The Morgan fingerprint density at radius 2 is 1.90 bits per heavy atom. The molecule has 0 aromatic heterocycles. The number of ether oxygens (including phenoxy) is 1. The molecule has 0 saturated heterocycles. The Labute approximate surface area is 132 Å². The van der Waals surface area contributed by atoms with Gasteiger partial charge in [0, 0.05) is 18.7 Å². The lowest BCUT2D eigenvalue weighted by Gasteiger charge is -2.24. The van der Waals surface area contributed by atoms with Crippen LogP contribution in [0, 0.1) is 0 Å². The number of nitrogens with one attached hydrogen (secondary N) is 1. The minimum atomic E-state index is -0.196. The highest BCUT2D eigenvalue weighted by atomic mass is 32.1. The minimum absolute atomic E-state index is 0.196. The summed E-state index contributed by atoms with van der Waals surface area (Å²) < 4.78 is 5.40. The molecule has 21 heavy (non-hydrogen) atoms. The third kappa shape index (κ3) is 5.71. The first-order chi connectivity index (χ1) is 10.1. The van der Waals surface area contributed by atoms with E-state index in [-0.39, 0.29) is 5.91 Å². The van der Waals surface area contributed by atoms with Gasteiger partial charge < -0.3 is 9.64 Å². The smallest absolute Gasteiger partial charge is 0.257 e. The van der Waals surface area contributed by atoms with Crippen LogP contribution in [0.2, 0.25) is 0 Å². The van der Waals surface area contributed by atoms with Gasteiger partial charge in [0.1, 0.15) is 5.75 Å². The van der Waals surface area contributed by atoms with Crippen LogP contribution in [0.4, 0.5) is 0 Å². The van der Waals surface area contributed by atoms with Crippen molar-refractivity contribution in [3.63, 3.8) is 0 Å². The Kier molecular flexibility index (Phi) is 7.75. The van der Waals surface area contributed by atoms with Crippen molar-refractivity contribution in [1.82, 2.24) is 10.2 Å². The Balaban J connectivity index is 2.70. The average Bonchev–Trinajstić information content (AvgIpc) is 2.47. The quantitative estimate of drug-likeness (QED) is 0.785. The first-order valence-electron chi connectivity index (χ1n) is 7.45. The molecular formula is C16H24N2O2S. The molecule has 1 amide bonds. The van der Waals surface area contributed by atoms with Gasteiger partial charge >= 0.3 is 0 Å². The number of hydrogen-bond acceptors (Lipinski definition) is 3. The molecule has 0 fully saturated rings. The van der Waals surface area contributed by atoms with Crippen LogP contribution in [0.5, 0.6) is 5.75 Å². The number of nitrogens with zero attached hydrogens (tertiary/aromatic N) is 1. The lowest BCUT2D eigenvalue weighted by atomic mass is 10.2. The highest BCUT2D eigenvalue weighted by Crippen LogP contribution is 2.13. The van der Waals surface area contributed by atoms with Crippen molar-refractivity contribution in [2.24, 2.45) is 0 Å².